The zero-order valence-electron chi connectivity index (χ0n) is 39.3. The lowest BCUT2D eigenvalue weighted by Crippen LogP contribution is -2.61. The fourth-order valence-corrected chi connectivity index (χ4v) is 7.78. The van der Waals surface area contributed by atoms with Crippen molar-refractivity contribution in [2.75, 3.05) is 26.4 Å². The minimum atomic E-state index is -1.76. The molecule has 0 amide bonds. The van der Waals surface area contributed by atoms with Crippen LogP contribution in [0.5, 0.6) is 0 Å². The van der Waals surface area contributed by atoms with E-state index in [4.69, 9.17) is 28.4 Å². The molecule has 7 N–H and O–H groups in total. The molecule has 0 aromatic carbocycles. The quantitative estimate of drug-likeness (QED) is 0.0203. The van der Waals surface area contributed by atoms with E-state index >= 15 is 0 Å². The molecule has 0 unspecified atom stereocenters. The largest absolute Gasteiger partial charge is 0.462 e. The van der Waals surface area contributed by atoms with E-state index in [2.05, 4.69) is 38.2 Å². The van der Waals surface area contributed by atoms with Gasteiger partial charge in [0.05, 0.1) is 19.8 Å². The van der Waals surface area contributed by atoms with Gasteiger partial charge in [-0.15, -0.1) is 0 Å². The van der Waals surface area contributed by atoms with Crippen molar-refractivity contribution in [3.05, 3.63) is 24.3 Å². The summed E-state index contributed by atoms with van der Waals surface area (Å²) in [5.74, 6) is -0.936. The Bertz CT molecular complexity index is 1220. The standard InChI is InChI=1S/C49H88O15/c1-3-5-7-9-11-13-15-17-18-20-22-24-26-28-30-32-41(52)62-37(34-59-40(51)31-29-27-25-23-21-19-16-14-12-10-8-6-4-2)35-60-48-47(58)45(56)43(54)39(64-48)36-61-49-46(57)44(55)42(53)38(33-50)63-49/h11,13,17-18,37-39,42-50,53-58H,3-10,12,14-16,19-36H2,1-2H3/b13-11-,18-17-/t37-,38-,39-,42+,43+,44+,45+,46-,47-,48-,49-/m1/s1. The summed E-state index contributed by atoms with van der Waals surface area (Å²) in [6.07, 6.45) is 19.2. The Labute approximate surface area is 383 Å². The molecule has 374 valence electrons. The van der Waals surface area contributed by atoms with E-state index in [1.165, 1.54) is 77.0 Å². The molecule has 64 heavy (non-hydrogen) atoms. The number of ether oxygens (including phenoxy) is 6. The van der Waals surface area contributed by atoms with Gasteiger partial charge in [-0.25, -0.2) is 0 Å². The molecule has 2 heterocycles. The first-order valence-corrected chi connectivity index (χ1v) is 24.9. The van der Waals surface area contributed by atoms with Crippen molar-refractivity contribution in [3.63, 3.8) is 0 Å². The molecular weight excluding hydrogens is 829 g/mol. The van der Waals surface area contributed by atoms with Gasteiger partial charge in [-0.1, -0.05) is 147 Å². The Hall–Kier alpha value is -2.02. The molecule has 2 rings (SSSR count). The third-order valence-corrected chi connectivity index (χ3v) is 11.9. The van der Waals surface area contributed by atoms with Crippen LogP contribution in [0.1, 0.15) is 181 Å². The Morgan fingerprint density at radius 3 is 1.48 bits per heavy atom. The lowest BCUT2D eigenvalue weighted by Gasteiger charge is -2.42. The number of hydrogen-bond acceptors (Lipinski definition) is 15. The van der Waals surface area contributed by atoms with Crippen molar-refractivity contribution in [3.8, 4) is 0 Å². The van der Waals surface area contributed by atoms with Gasteiger partial charge in [0.2, 0.25) is 0 Å². The van der Waals surface area contributed by atoms with E-state index in [0.29, 0.717) is 12.8 Å². The van der Waals surface area contributed by atoms with Gasteiger partial charge in [0.25, 0.3) is 0 Å². The first kappa shape index (κ1) is 58.1. The molecule has 0 aromatic rings. The molecule has 2 saturated heterocycles. The van der Waals surface area contributed by atoms with Gasteiger partial charge < -0.3 is 64.2 Å². The summed E-state index contributed by atoms with van der Waals surface area (Å²) in [6, 6.07) is 0. The van der Waals surface area contributed by atoms with Crippen LogP contribution in [-0.4, -0.2) is 142 Å². The predicted octanol–water partition coefficient (Wildman–Crippen LogP) is 6.38. The van der Waals surface area contributed by atoms with E-state index < -0.39 is 92.7 Å². The first-order valence-electron chi connectivity index (χ1n) is 24.9. The Morgan fingerprint density at radius 2 is 0.938 bits per heavy atom. The van der Waals surface area contributed by atoms with Crippen molar-refractivity contribution in [1.82, 2.24) is 0 Å². The summed E-state index contributed by atoms with van der Waals surface area (Å²) in [6.45, 7) is 2.55. The number of allylic oxidation sites excluding steroid dienone is 4. The Kier molecular flexibility index (Phi) is 33.6. The number of hydrogen-bond donors (Lipinski definition) is 7. The fourth-order valence-electron chi connectivity index (χ4n) is 7.78. The van der Waals surface area contributed by atoms with Gasteiger partial charge in [0, 0.05) is 12.8 Å². The highest BCUT2D eigenvalue weighted by Gasteiger charge is 2.47. The number of rotatable bonds is 38. The molecule has 0 saturated carbocycles. The van der Waals surface area contributed by atoms with E-state index in [9.17, 15) is 45.3 Å². The number of aliphatic hydroxyl groups excluding tert-OH is 7. The van der Waals surface area contributed by atoms with Crippen molar-refractivity contribution >= 4 is 11.9 Å². The third kappa shape index (κ3) is 25.2. The molecule has 2 aliphatic rings. The summed E-state index contributed by atoms with van der Waals surface area (Å²) in [4.78, 5) is 25.7. The van der Waals surface area contributed by atoms with Crippen LogP contribution < -0.4 is 0 Å². The van der Waals surface area contributed by atoms with E-state index in [-0.39, 0.29) is 26.1 Å². The average Bonchev–Trinajstić information content (AvgIpc) is 3.29. The molecule has 0 bridgehead atoms. The molecule has 2 aliphatic heterocycles. The van der Waals surface area contributed by atoms with Crippen molar-refractivity contribution in [2.24, 2.45) is 0 Å². The van der Waals surface area contributed by atoms with Crippen LogP contribution in [0.4, 0.5) is 0 Å². The molecule has 0 aliphatic carbocycles. The molecule has 0 radical (unpaired) electrons. The highest BCUT2D eigenvalue weighted by atomic mass is 16.7. The third-order valence-electron chi connectivity index (χ3n) is 11.9. The average molecular weight is 917 g/mol. The minimum Gasteiger partial charge on any atom is -0.462 e. The van der Waals surface area contributed by atoms with Crippen LogP contribution in [0, 0.1) is 0 Å². The van der Waals surface area contributed by atoms with Crippen molar-refractivity contribution in [2.45, 2.75) is 248 Å². The van der Waals surface area contributed by atoms with Gasteiger partial charge in [-0.05, 0) is 44.9 Å². The van der Waals surface area contributed by atoms with Crippen LogP contribution in [0.25, 0.3) is 0 Å². The molecule has 0 aromatic heterocycles. The summed E-state index contributed by atoms with van der Waals surface area (Å²) in [7, 11) is 0. The molecule has 0 spiro atoms. The SMILES string of the molecule is CCCCC/C=C\C/C=C\CCCCCCCC(=O)O[C@H](COC(=O)CCCCCCCCCCCCCCC)CO[C@@H]1O[C@H](CO[C@@H]2O[C@H](CO)[C@H](O)[C@H](O)[C@H]2O)[C@H](O)[C@H](O)[C@H]1O. The van der Waals surface area contributed by atoms with Crippen LogP contribution in [0.3, 0.4) is 0 Å². The topological polar surface area (TPSA) is 231 Å². The highest BCUT2D eigenvalue weighted by molar-refractivity contribution is 5.70. The number of carbonyl (C=O) groups is 2. The van der Waals surface area contributed by atoms with E-state index in [1.807, 2.05) is 0 Å². The fraction of sp³-hybridized carbons (Fsp3) is 0.878. The predicted molar refractivity (Wildman–Crippen MR) is 243 cm³/mol. The molecule has 2 fully saturated rings. The smallest absolute Gasteiger partial charge is 0.306 e. The van der Waals surface area contributed by atoms with Gasteiger partial charge in [0.1, 0.15) is 55.4 Å². The molecule has 15 nitrogen and oxygen atoms in total. The van der Waals surface area contributed by atoms with Crippen molar-refractivity contribution in [1.29, 1.82) is 0 Å². The van der Waals surface area contributed by atoms with Crippen LogP contribution >= 0.6 is 0 Å². The maximum Gasteiger partial charge on any atom is 0.306 e. The van der Waals surface area contributed by atoms with Gasteiger partial charge in [0.15, 0.2) is 18.7 Å². The summed E-state index contributed by atoms with van der Waals surface area (Å²) >= 11 is 0. The monoisotopic (exact) mass is 917 g/mol. The zero-order chi connectivity index (χ0) is 46.8. The molecule has 15 heteroatoms. The summed E-state index contributed by atoms with van der Waals surface area (Å²) in [5, 5.41) is 72.0. The minimum absolute atomic E-state index is 0.152. The maximum atomic E-state index is 13.0. The normalized spacial score (nSPS) is 26.8. The first-order chi connectivity index (χ1) is 31.0. The molecular formula is C49H88O15. The van der Waals surface area contributed by atoms with Crippen LogP contribution in [-0.2, 0) is 38.0 Å². The number of aliphatic hydroxyl groups is 7. The number of esters is 2. The second kappa shape index (κ2) is 37.0. The Balaban J connectivity index is 1.83. The second-order valence-corrected chi connectivity index (χ2v) is 17.6. The van der Waals surface area contributed by atoms with Crippen molar-refractivity contribution < 1.29 is 73.8 Å². The van der Waals surface area contributed by atoms with Crippen LogP contribution in [0.2, 0.25) is 0 Å². The van der Waals surface area contributed by atoms with E-state index in [0.717, 1.165) is 64.2 Å². The zero-order valence-corrected chi connectivity index (χ0v) is 39.3. The van der Waals surface area contributed by atoms with E-state index in [1.54, 1.807) is 0 Å². The lowest BCUT2D eigenvalue weighted by molar-refractivity contribution is -0.332. The highest BCUT2D eigenvalue weighted by Crippen LogP contribution is 2.26. The Morgan fingerprint density at radius 1 is 0.500 bits per heavy atom. The van der Waals surface area contributed by atoms with Gasteiger partial charge >= 0.3 is 11.9 Å². The molecule has 11 atom stereocenters. The summed E-state index contributed by atoms with van der Waals surface area (Å²) in [5.41, 5.74) is 0. The number of unbranched alkanes of at least 4 members (excludes halogenated alkanes) is 20. The van der Waals surface area contributed by atoms with Crippen LogP contribution in [0.15, 0.2) is 24.3 Å². The second-order valence-electron chi connectivity index (χ2n) is 17.6. The number of carbonyl (C=O) groups excluding carboxylic acids is 2. The van der Waals surface area contributed by atoms with Gasteiger partial charge in [-0.3, -0.25) is 9.59 Å². The van der Waals surface area contributed by atoms with Gasteiger partial charge in [-0.2, -0.15) is 0 Å². The maximum absolute atomic E-state index is 13.0. The lowest BCUT2D eigenvalue weighted by atomic mass is 9.98. The summed E-state index contributed by atoms with van der Waals surface area (Å²) < 4.78 is 33.5.